The van der Waals surface area contributed by atoms with E-state index in [4.69, 9.17) is 33.2 Å². The number of hydrogen-bond donors (Lipinski definition) is 2. The van der Waals surface area contributed by atoms with Gasteiger partial charge in [-0.2, -0.15) is 0 Å². The molecule has 6 rings (SSSR count). The van der Waals surface area contributed by atoms with Gasteiger partial charge in [0.25, 0.3) is 0 Å². The topological polar surface area (TPSA) is 182 Å². The van der Waals surface area contributed by atoms with Crippen molar-refractivity contribution in [1.82, 2.24) is 5.32 Å². The first kappa shape index (κ1) is 44.9. The molecule has 2 N–H and O–H groups in total. The minimum atomic E-state index is -2.03. The van der Waals surface area contributed by atoms with Gasteiger partial charge < -0.3 is 43.6 Å². The van der Waals surface area contributed by atoms with E-state index >= 15 is 4.79 Å². The van der Waals surface area contributed by atoms with Crippen LogP contribution in [0.15, 0.2) is 71.8 Å². The summed E-state index contributed by atoms with van der Waals surface area (Å²) in [6.07, 6.45) is -7.54. The zero-order chi connectivity index (χ0) is 43.9. The summed E-state index contributed by atoms with van der Waals surface area (Å²) in [6, 6.07) is 15.6. The lowest BCUT2D eigenvalue weighted by atomic mass is 9.46. The number of esters is 3. The van der Waals surface area contributed by atoms with Gasteiger partial charge >= 0.3 is 24.0 Å². The summed E-state index contributed by atoms with van der Waals surface area (Å²) in [4.78, 5) is 70.6. The molecule has 326 valence electrons. The smallest absolute Gasteiger partial charge is 0.408 e. The summed E-state index contributed by atoms with van der Waals surface area (Å²) in [6.45, 7) is 13.9. The highest BCUT2D eigenvalue weighted by atomic mass is 16.6. The molecule has 2 aromatic carbocycles. The predicted octanol–water partition coefficient (Wildman–Crippen LogP) is 5.84. The normalized spacial score (nSPS) is 31.7. The molecule has 0 unspecified atom stereocenters. The van der Waals surface area contributed by atoms with Crippen molar-refractivity contribution in [3.63, 3.8) is 0 Å². The maximum absolute atomic E-state index is 15.4. The number of carbonyl (C=O) groups is 5. The molecule has 3 aliphatic carbocycles. The van der Waals surface area contributed by atoms with Gasteiger partial charge in [-0.05, 0) is 63.5 Å². The Morgan fingerprint density at radius 1 is 0.950 bits per heavy atom. The first-order valence-electron chi connectivity index (χ1n) is 20.6. The van der Waals surface area contributed by atoms with Crippen LogP contribution in [0.1, 0.15) is 96.6 Å². The minimum Gasteiger partial charge on any atom is -0.455 e. The average molecular weight is 834 g/mol. The molecule has 11 atom stereocenters. The summed E-state index contributed by atoms with van der Waals surface area (Å²) in [5, 5.41) is 16.4. The van der Waals surface area contributed by atoms with E-state index < -0.39 is 88.5 Å². The van der Waals surface area contributed by atoms with Crippen LogP contribution in [0.2, 0.25) is 0 Å². The van der Waals surface area contributed by atoms with E-state index in [1.807, 2.05) is 0 Å². The number of benzene rings is 2. The molecule has 0 aromatic heterocycles. The number of methoxy groups -OCH3 is 2. The monoisotopic (exact) mass is 833 g/mol. The van der Waals surface area contributed by atoms with Crippen LogP contribution in [0.25, 0.3) is 0 Å². The van der Waals surface area contributed by atoms with Crippen LogP contribution in [0.3, 0.4) is 0 Å². The second kappa shape index (κ2) is 17.0. The molecule has 1 amide bonds. The third kappa shape index (κ3) is 7.99. The van der Waals surface area contributed by atoms with E-state index in [1.165, 1.54) is 14.2 Å². The Kier molecular flexibility index (Phi) is 12.7. The van der Waals surface area contributed by atoms with Crippen LogP contribution in [-0.4, -0.2) is 104 Å². The molecule has 1 heterocycles. The molecule has 2 aromatic rings. The Labute approximate surface area is 351 Å². The molecule has 0 radical (unpaired) electrons. The second-order valence-corrected chi connectivity index (χ2v) is 18.1. The molecule has 2 bridgehead atoms. The van der Waals surface area contributed by atoms with Gasteiger partial charge in [0, 0.05) is 50.7 Å². The Bertz CT molecular complexity index is 1980. The lowest BCUT2D eigenvalue weighted by molar-refractivity contribution is -0.280. The van der Waals surface area contributed by atoms with Crippen LogP contribution in [0.5, 0.6) is 0 Å². The minimum absolute atomic E-state index is 0.0984. The lowest BCUT2D eigenvalue weighted by Gasteiger charge is -2.65. The van der Waals surface area contributed by atoms with Crippen molar-refractivity contribution in [3.8, 4) is 0 Å². The zero-order valence-electron chi connectivity index (χ0n) is 36.1. The number of aliphatic hydroxyl groups is 1. The van der Waals surface area contributed by atoms with Crippen molar-refractivity contribution < 1.29 is 62.2 Å². The van der Waals surface area contributed by atoms with E-state index in [1.54, 1.807) is 116 Å². The number of alkyl carbamates (subject to hydrolysis) is 1. The lowest BCUT2D eigenvalue weighted by Crippen LogP contribution is -2.75. The van der Waals surface area contributed by atoms with Gasteiger partial charge in [-0.15, -0.1) is 0 Å². The number of Topliss-reactive ketones (excluding diaryl/α,β-unsaturated/α-hetero) is 1. The zero-order valence-corrected chi connectivity index (χ0v) is 36.1. The van der Waals surface area contributed by atoms with Crippen molar-refractivity contribution >= 4 is 29.8 Å². The Morgan fingerprint density at radius 3 is 2.13 bits per heavy atom. The van der Waals surface area contributed by atoms with Gasteiger partial charge in [0.05, 0.1) is 29.8 Å². The first-order chi connectivity index (χ1) is 28.2. The molecule has 14 nitrogen and oxygen atoms in total. The highest BCUT2D eigenvalue weighted by Crippen LogP contribution is 2.63. The Balaban J connectivity index is 1.50. The summed E-state index contributed by atoms with van der Waals surface area (Å²) in [5.41, 5.74) is -4.20. The SMILES string of the molecule is CCC(=O)O[C@@H](C(=O)O[C@H]1C[C@@]2(O)[C@@H](OC(=O)c3ccccc3)[C@@H]3[C@@H]4CO[C@@H]4C[C@H](OC)[C@@]3(C)C(=O)[C@H](OC)C(=C1C)C2(C)C)[C@@H](NC(=O)OC(C)(C)C)c1ccccc1. The van der Waals surface area contributed by atoms with Gasteiger partial charge in [-0.3, -0.25) is 9.59 Å². The summed E-state index contributed by atoms with van der Waals surface area (Å²) >= 11 is 0. The maximum Gasteiger partial charge on any atom is 0.408 e. The average Bonchev–Trinajstić information content (AvgIpc) is 3.19. The third-order valence-electron chi connectivity index (χ3n) is 13.2. The number of hydrogen-bond acceptors (Lipinski definition) is 13. The van der Waals surface area contributed by atoms with E-state index in [0.717, 1.165) is 0 Å². The number of ether oxygens (including phenoxy) is 7. The standard InChI is InChI=1S/C46H59NO13/c1-11-32(48)58-37(35(26-18-14-12-15-19-26)47-42(52)60-43(3,4)5)41(51)57-30-23-46(53)39(59-40(50)27-20-16-13-17-21-27)34-28-24-56-29(28)22-31(54-9)45(34,8)38(49)36(55-10)33(25(30)2)44(46,6)7/h12-21,28-31,34-37,39,53H,11,22-24H2,1-10H3,(H,47,52)/t28-,29-,30+,31+,34+,35+,36-,37-,39+,45-,46-/m1/s1. The quantitative estimate of drug-likeness (QED) is 0.157. The molecule has 60 heavy (non-hydrogen) atoms. The highest BCUT2D eigenvalue weighted by Gasteiger charge is 2.72. The number of carbonyl (C=O) groups excluding carboxylic acids is 5. The number of amides is 1. The number of rotatable bonds is 11. The van der Waals surface area contributed by atoms with Gasteiger partial charge in [0.2, 0.25) is 6.10 Å². The number of nitrogens with one attached hydrogen (secondary N) is 1. The van der Waals surface area contributed by atoms with Crippen molar-refractivity contribution in [2.45, 2.75) is 129 Å². The van der Waals surface area contributed by atoms with E-state index in [-0.39, 0.29) is 42.8 Å². The molecule has 14 heteroatoms. The van der Waals surface area contributed by atoms with Gasteiger partial charge in [-0.1, -0.05) is 69.3 Å². The summed E-state index contributed by atoms with van der Waals surface area (Å²) in [7, 11) is 2.93. The van der Waals surface area contributed by atoms with Crippen molar-refractivity contribution in [3.05, 3.63) is 82.9 Å². The van der Waals surface area contributed by atoms with Crippen LogP contribution >= 0.6 is 0 Å². The van der Waals surface area contributed by atoms with Crippen LogP contribution in [-0.2, 0) is 47.5 Å². The molecule has 3 fully saturated rings. The molecular formula is C46H59NO13. The van der Waals surface area contributed by atoms with Crippen LogP contribution in [0.4, 0.5) is 4.79 Å². The number of fused-ring (bicyclic) bond motifs is 5. The van der Waals surface area contributed by atoms with Crippen molar-refractivity contribution in [2.24, 2.45) is 22.7 Å². The van der Waals surface area contributed by atoms with Gasteiger partial charge in [-0.25, -0.2) is 14.4 Å². The van der Waals surface area contributed by atoms with Crippen LogP contribution in [0, 0.1) is 22.7 Å². The third-order valence-corrected chi connectivity index (χ3v) is 13.2. The Hall–Kier alpha value is -4.63. The van der Waals surface area contributed by atoms with Crippen molar-refractivity contribution in [2.75, 3.05) is 20.8 Å². The molecule has 1 aliphatic heterocycles. The van der Waals surface area contributed by atoms with Crippen molar-refractivity contribution in [1.29, 1.82) is 0 Å². The molecule has 1 saturated heterocycles. The maximum atomic E-state index is 15.4. The molecule has 2 saturated carbocycles. The first-order valence-corrected chi connectivity index (χ1v) is 20.6. The van der Waals surface area contributed by atoms with E-state index in [9.17, 15) is 24.3 Å². The largest absolute Gasteiger partial charge is 0.455 e. The van der Waals surface area contributed by atoms with Gasteiger partial charge in [0.1, 0.15) is 35.6 Å². The number of ketones is 1. The molecule has 0 spiro atoms. The second-order valence-electron chi connectivity index (χ2n) is 18.1. The summed E-state index contributed by atoms with van der Waals surface area (Å²) in [5.74, 6) is -4.01. The highest BCUT2D eigenvalue weighted by molar-refractivity contribution is 5.94. The Morgan fingerprint density at radius 2 is 1.58 bits per heavy atom. The summed E-state index contributed by atoms with van der Waals surface area (Å²) < 4.78 is 42.4. The van der Waals surface area contributed by atoms with Gasteiger partial charge in [0.15, 0.2) is 5.78 Å². The van der Waals surface area contributed by atoms with E-state index in [2.05, 4.69) is 5.32 Å². The molecule has 4 aliphatic rings. The van der Waals surface area contributed by atoms with Crippen LogP contribution < -0.4 is 5.32 Å². The molecular weight excluding hydrogens is 774 g/mol. The fraction of sp³-hybridized carbons (Fsp3) is 0.587. The predicted molar refractivity (Wildman–Crippen MR) is 216 cm³/mol. The fourth-order valence-corrected chi connectivity index (χ4v) is 9.94. The van der Waals surface area contributed by atoms with E-state index in [0.29, 0.717) is 23.1 Å². The fourth-order valence-electron chi connectivity index (χ4n) is 9.94.